The third-order valence-electron chi connectivity index (χ3n) is 2.04. The Kier molecular flexibility index (Phi) is 2.32. The van der Waals surface area contributed by atoms with Crippen LogP contribution < -0.4 is 5.73 Å². The Balaban J connectivity index is 2.29. The molecule has 60 valence electrons. The molecular weight excluding hydrogens is 126 g/mol. The topological polar surface area (TPSA) is 35.2 Å². The van der Waals surface area contributed by atoms with E-state index in [-0.39, 0.29) is 5.60 Å². The van der Waals surface area contributed by atoms with Gasteiger partial charge in [0.25, 0.3) is 0 Å². The summed E-state index contributed by atoms with van der Waals surface area (Å²) in [6.07, 6.45) is 3.81. The summed E-state index contributed by atoms with van der Waals surface area (Å²) in [4.78, 5) is 0. The molecule has 0 aromatic carbocycles. The second-order valence-corrected chi connectivity index (χ2v) is 3.62. The highest BCUT2D eigenvalue weighted by Crippen LogP contribution is 2.30. The van der Waals surface area contributed by atoms with Crippen LogP contribution in [-0.4, -0.2) is 18.2 Å². The number of hydrogen-bond donors (Lipinski definition) is 1. The predicted octanol–water partition coefficient (Wildman–Crippen LogP) is 1.29. The fraction of sp³-hybridized carbons (Fsp3) is 1.00. The van der Waals surface area contributed by atoms with Gasteiger partial charge in [0.1, 0.15) is 0 Å². The van der Waals surface area contributed by atoms with Gasteiger partial charge in [0, 0.05) is 0 Å². The Morgan fingerprint density at radius 2 is 2.30 bits per heavy atom. The lowest BCUT2D eigenvalue weighted by Crippen LogP contribution is -2.21. The quantitative estimate of drug-likeness (QED) is 0.632. The number of rotatable bonds is 2. The molecule has 1 unspecified atom stereocenters. The summed E-state index contributed by atoms with van der Waals surface area (Å²) in [5, 5.41) is 0. The second-order valence-electron chi connectivity index (χ2n) is 3.62. The predicted molar refractivity (Wildman–Crippen MR) is 41.9 cm³/mol. The van der Waals surface area contributed by atoms with Crippen molar-refractivity contribution in [3.05, 3.63) is 0 Å². The molecule has 0 amide bonds. The van der Waals surface area contributed by atoms with Crippen molar-refractivity contribution in [2.24, 2.45) is 5.73 Å². The van der Waals surface area contributed by atoms with E-state index >= 15 is 0 Å². The summed E-state index contributed by atoms with van der Waals surface area (Å²) >= 11 is 0. The van der Waals surface area contributed by atoms with Crippen molar-refractivity contribution in [3.8, 4) is 0 Å². The van der Waals surface area contributed by atoms with Gasteiger partial charge in [0.15, 0.2) is 0 Å². The lowest BCUT2D eigenvalue weighted by molar-refractivity contribution is -0.0171. The molecule has 1 aliphatic heterocycles. The molecule has 0 radical (unpaired) electrons. The zero-order chi connectivity index (χ0) is 7.61. The molecule has 2 heteroatoms. The van der Waals surface area contributed by atoms with Crippen LogP contribution in [-0.2, 0) is 4.74 Å². The van der Waals surface area contributed by atoms with Gasteiger partial charge in [-0.15, -0.1) is 0 Å². The highest BCUT2D eigenvalue weighted by atomic mass is 16.5. The van der Waals surface area contributed by atoms with Crippen LogP contribution in [0.2, 0.25) is 0 Å². The monoisotopic (exact) mass is 143 g/mol. The van der Waals surface area contributed by atoms with Crippen molar-refractivity contribution < 1.29 is 4.74 Å². The Morgan fingerprint density at radius 1 is 1.60 bits per heavy atom. The number of hydrogen-bond acceptors (Lipinski definition) is 2. The molecule has 0 bridgehead atoms. The largest absolute Gasteiger partial charge is 0.372 e. The van der Waals surface area contributed by atoms with E-state index in [1.54, 1.807) is 0 Å². The van der Waals surface area contributed by atoms with E-state index in [0.29, 0.717) is 6.10 Å². The normalized spacial score (nSPS) is 30.9. The van der Waals surface area contributed by atoms with E-state index in [0.717, 1.165) is 13.0 Å². The minimum atomic E-state index is 0.111. The molecule has 1 rings (SSSR count). The zero-order valence-corrected chi connectivity index (χ0v) is 6.89. The highest BCUT2D eigenvalue weighted by Gasteiger charge is 2.30. The van der Waals surface area contributed by atoms with Gasteiger partial charge in [-0.3, -0.25) is 0 Å². The molecule has 1 aliphatic rings. The first kappa shape index (κ1) is 8.02. The maximum Gasteiger partial charge on any atom is 0.0631 e. The maximum absolute atomic E-state index is 5.71. The smallest absolute Gasteiger partial charge is 0.0631 e. The Hall–Kier alpha value is -0.0800. The summed E-state index contributed by atoms with van der Waals surface area (Å²) in [7, 11) is 0. The standard InChI is InChI=1S/C8H17NO/c1-8(2)5-3-7(10-8)4-6-9/h7H,3-6,9H2,1-2H3. The van der Waals surface area contributed by atoms with E-state index in [1.807, 2.05) is 0 Å². The summed E-state index contributed by atoms with van der Waals surface area (Å²) in [6.45, 7) is 5.04. The SMILES string of the molecule is CC1(C)CCC(CCN)O1. The van der Waals surface area contributed by atoms with Crippen LogP contribution in [0.4, 0.5) is 0 Å². The first-order chi connectivity index (χ1) is 4.64. The van der Waals surface area contributed by atoms with Crippen LogP contribution in [0.3, 0.4) is 0 Å². The van der Waals surface area contributed by atoms with Crippen LogP contribution in [0.25, 0.3) is 0 Å². The Labute approximate surface area is 62.7 Å². The highest BCUT2D eigenvalue weighted by molar-refractivity contribution is 4.80. The van der Waals surface area contributed by atoms with Crippen molar-refractivity contribution >= 4 is 0 Å². The lowest BCUT2D eigenvalue weighted by Gasteiger charge is -2.18. The molecule has 10 heavy (non-hydrogen) atoms. The molecule has 0 aromatic heterocycles. The zero-order valence-electron chi connectivity index (χ0n) is 6.89. The molecule has 0 aromatic rings. The van der Waals surface area contributed by atoms with Crippen LogP contribution in [0.5, 0.6) is 0 Å². The van der Waals surface area contributed by atoms with E-state index < -0.39 is 0 Å². The van der Waals surface area contributed by atoms with Gasteiger partial charge >= 0.3 is 0 Å². The fourth-order valence-electron chi connectivity index (χ4n) is 1.47. The van der Waals surface area contributed by atoms with E-state index in [2.05, 4.69) is 13.8 Å². The van der Waals surface area contributed by atoms with Gasteiger partial charge in [-0.1, -0.05) is 0 Å². The maximum atomic E-state index is 5.71. The third kappa shape index (κ3) is 1.96. The Morgan fingerprint density at radius 3 is 2.70 bits per heavy atom. The average Bonchev–Trinajstić information content (AvgIpc) is 2.12. The first-order valence-corrected chi connectivity index (χ1v) is 4.02. The molecule has 1 atom stereocenters. The van der Waals surface area contributed by atoms with Crippen LogP contribution >= 0.6 is 0 Å². The minimum Gasteiger partial charge on any atom is -0.372 e. The van der Waals surface area contributed by atoms with Crippen molar-refractivity contribution in [2.45, 2.75) is 44.8 Å². The second kappa shape index (κ2) is 2.89. The van der Waals surface area contributed by atoms with Crippen LogP contribution in [0, 0.1) is 0 Å². The van der Waals surface area contributed by atoms with Gasteiger partial charge in [0.2, 0.25) is 0 Å². The third-order valence-corrected chi connectivity index (χ3v) is 2.04. The van der Waals surface area contributed by atoms with Gasteiger partial charge < -0.3 is 10.5 Å². The lowest BCUT2D eigenvalue weighted by atomic mass is 10.0. The summed E-state index contributed by atoms with van der Waals surface area (Å²) in [6, 6.07) is 0. The minimum absolute atomic E-state index is 0.111. The summed E-state index contributed by atoms with van der Waals surface area (Å²) < 4.78 is 5.71. The molecule has 2 nitrogen and oxygen atoms in total. The van der Waals surface area contributed by atoms with Crippen molar-refractivity contribution in [1.82, 2.24) is 0 Å². The number of ether oxygens (including phenoxy) is 1. The number of nitrogens with two attached hydrogens (primary N) is 1. The average molecular weight is 143 g/mol. The molecule has 1 fully saturated rings. The van der Waals surface area contributed by atoms with Crippen LogP contribution in [0.1, 0.15) is 33.1 Å². The van der Waals surface area contributed by atoms with Gasteiger partial charge in [0.05, 0.1) is 11.7 Å². The van der Waals surface area contributed by atoms with Crippen molar-refractivity contribution in [3.63, 3.8) is 0 Å². The summed E-state index contributed by atoms with van der Waals surface area (Å²) in [5.74, 6) is 0. The Bertz CT molecular complexity index is 112. The fourth-order valence-corrected chi connectivity index (χ4v) is 1.47. The summed E-state index contributed by atoms with van der Waals surface area (Å²) in [5.41, 5.74) is 5.53. The van der Waals surface area contributed by atoms with Crippen LogP contribution in [0.15, 0.2) is 0 Å². The molecule has 0 spiro atoms. The molecule has 2 N–H and O–H groups in total. The van der Waals surface area contributed by atoms with E-state index in [1.165, 1.54) is 12.8 Å². The first-order valence-electron chi connectivity index (χ1n) is 4.02. The molecule has 1 heterocycles. The van der Waals surface area contributed by atoms with Gasteiger partial charge in [-0.2, -0.15) is 0 Å². The molecule has 1 saturated heterocycles. The van der Waals surface area contributed by atoms with E-state index in [4.69, 9.17) is 10.5 Å². The van der Waals surface area contributed by atoms with E-state index in [9.17, 15) is 0 Å². The molecule has 0 aliphatic carbocycles. The van der Waals surface area contributed by atoms with Crippen molar-refractivity contribution in [2.75, 3.05) is 6.54 Å². The van der Waals surface area contributed by atoms with Gasteiger partial charge in [-0.05, 0) is 39.7 Å². The molecular formula is C8H17NO. The van der Waals surface area contributed by atoms with Gasteiger partial charge in [-0.25, -0.2) is 0 Å². The van der Waals surface area contributed by atoms with Crippen molar-refractivity contribution in [1.29, 1.82) is 0 Å². The molecule has 0 saturated carbocycles.